The van der Waals surface area contributed by atoms with E-state index in [1.165, 1.54) is 0 Å². The fourth-order valence-corrected chi connectivity index (χ4v) is 1.13. The average molecular weight is 158 g/mol. The van der Waals surface area contributed by atoms with Crippen molar-refractivity contribution >= 4 is 0 Å². The topological polar surface area (TPSA) is 18.5 Å². The smallest absolute Gasteiger partial charge is 0.159 e. The van der Waals surface area contributed by atoms with E-state index in [9.17, 15) is 0 Å². The van der Waals surface area contributed by atoms with Crippen LogP contribution >= 0.6 is 0 Å². The summed E-state index contributed by atoms with van der Waals surface area (Å²) >= 11 is 0. The molecule has 0 aromatic carbocycles. The van der Waals surface area contributed by atoms with Gasteiger partial charge in [0.05, 0.1) is 11.2 Å². The van der Waals surface area contributed by atoms with Crippen molar-refractivity contribution in [2.75, 3.05) is 0 Å². The van der Waals surface area contributed by atoms with Crippen molar-refractivity contribution in [3.05, 3.63) is 0 Å². The lowest BCUT2D eigenvalue weighted by atomic mass is 9.90. The fraction of sp³-hybridized carbons (Fsp3) is 1.00. The van der Waals surface area contributed by atoms with E-state index in [0.29, 0.717) is 0 Å². The third kappa shape index (κ3) is 1.42. The van der Waals surface area contributed by atoms with Gasteiger partial charge < -0.3 is 9.47 Å². The van der Waals surface area contributed by atoms with Gasteiger partial charge in [-0.1, -0.05) is 6.92 Å². The lowest BCUT2D eigenvalue weighted by molar-refractivity contribution is -0.0872. The molecule has 1 saturated heterocycles. The molecule has 66 valence electrons. The van der Waals surface area contributed by atoms with Gasteiger partial charge in [0.2, 0.25) is 0 Å². The van der Waals surface area contributed by atoms with Crippen LogP contribution in [0.5, 0.6) is 0 Å². The summed E-state index contributed by atoms with van der Waals surface area (Å²) in [5, 5.41) is 0. The van der Waals surface area contributed by atoms with Gasteiger partial charge in [0.15, 0.2) is 6.29 Å². The Balaban J connectivity index is 2.72. The van der Waals surface area contributed by atoms with Crippen LogP contribution in [0.1, 0.15) is 41.0 Å². The Hall–Kier alpha value is -0.0800. The first kappa shape index (κ1) is 9.01. The van der Waals surface area contributed by atoms with E-state index >= 15 is 0 Å². The van der Waals surface area contributed by atoms with Crippen LogP contribution in [0, 0.1) is 0 Å². The Kier molecular flexibility index (Phi) is 2.01. The summed E-state index contributed by atoms with van der Waals surface area (Å²) in [6, 6.07) is 0. The minimum atomic E-state index is -0.159. The zero-order chi connectivity index (χ0) is 8.70. The summed E-state index contributed by atoms with van der Waals surface area (Å²) in [6.45, 7) is 10.4. The predicted molar refractivity (Wildman–Crippen MR) is 44.4 cm³/mol. The van der Waals surface area contributed by atoms with E-state index in [4.69, 9.17) is 9.47 Å². The second-order valence-electron chi connectivity index (χ2n) is 4.09. The minimum Gasteiger partial charge on any atom is -0.344 e. The van der Waals surface area contributed by atoms with Crippen LogP contribution in [0.15, 0.2) is 0 Å². The summed E-state index contributed by atoms with van der Waals surface area (Å²) in [4.78, 5) is 0. The second kappa shape index (κ2) is 2.46. The van der Waals surface area contributed by atoms with Crippen LogP contribution in [0.4, 0.5) is 0 Å². The summed E-state index contributed by atoms with van der Waals surface area (Å²) in [6.07, 6.45) is 0.910. The molecule has 0 unspecified atom stereocenters. The summed E-state index contributed by atoms with van der Waals surface area (Å²) in [5.74, 6) is 0. The standard InChI is InChI=1S/C9H18O2/c1-6-7-10-8(2,3)9(4,5)11-7/h7H,6H2,1-5H3. The fourth-order valence-electron chi connectivity index (χ4n) is 1.13. The van der Waals surface area contributed by atoms with Crippen LogP contribution in [-0.4, -0.2) is 17.5 Å². The van der Waals surface area contributed by atoms with Gasteiger partial charge in [0.1, 0.15) is 0 Å². The van der Waals surface area contributed by atoms with E-state index < -0.39 is 0 Å². The molecule has 0 aliphatic carbocycles. The molecule has 0 spiro atoms. The molecule has 0 aromatic heterocycles. The van der Waals surface area contributed by atoms with Crippen molar-refractivity contribution in [3.63, 3.8) is 0 Å². The van der Waals surface area contributed by atoms with E-state index in [1.807, 2.05) is 0 Å². The Labute approximate surface area is 68.9 Å². The summed E-state index contributed by atoms with van der Waals surface area (Å²) < 4.78 is 11.4. The van der Waals surface area contributed by atoms with E-state index in [0.717, 1.165) is 6.42 Å². The monoisotopic (exact) mass is 158 g/mol. The Morgan fingerprint density at radius 3 is 1.55 bits per heavy atom. The molecule has 0 amide bonds. The van der Waals surface area contributed by atoms with Crippen molar-refractivity contribution < 1.29 is 9.47 Å². The van der Waals surface area contributed by atoms with Crippen molar-refractivity contribution in [1.82, 2.24) is 0 Å². The molecular formula is C9H18O2. The van der Waals surface area contributed by atoms with Crippen LogP contribution in [0.25, 0.3) is 0 Å². The lowest BCUT2D eigenvalue weighted by Gasteiger charge is -2.30. The average Bonchev–Trinajstić information content (AvgIpc) is 2.03. The van der Waals surface area contributed by atoms with Gasteiger partial charge in [-0.05, 0) is 34.1 Å². The van der Waals surface area contributed by atoms with Gasteiger partial charge in [-0.25, -0.2) is 0 Å². The molecule has 1 aliphatic heterocycles. The van der Waals surface area contributed by atoms with Gasteiger partial charge in [-0.3, -0.25) is 0 Å². The van der Waals surface area contributed by atoms with Gasteiger partial charge in [-0.2, -0.15) is 0 Å². The molecular weight excluding hydrogens is 140 g/mol. The molecule has 1 fully saturated rings. The number of rotatable bonds is 1. The minimum absolute atomic E-state index is 0.0139. The van der Waals surface area contributed by atoms with Crippen molar-refractivity contribution in [3.8, 4) is 0 Å². The SMILES string of the molecule is CCC1OC(C)(C)C(C)(C)O1. The molecule has 0 radical (unpaired) electrons. The third-order valence-corrected chi connectivity index (χ3v) is 2.64. The summed E-state index contributed by atoms with van der Waals surface area (Å²) in [5.41, 5.74) is -0.318. The highest BCUT2D eigenvalue weighted by Crippen LogP contribution is 2.38. The van der Waals surface area contributed by atoms with Gasteiger partial charge in [0, 0.05) is 0 Å². The largest absolute Gasteiger partial charge is 0.344 e. The molecule has 0 atom stereocenters. The number of hydrogen-bond acceptors (Lipinski definition) is 2. The molecule has 1 rings (SSSR count). The second-order valence-corrected chi connectivity index (χ2v) is 4.09. The van der Waals surface area contributed by atoms with Gasteiger partial charge in [-0.15, -0.1) is 0 Å². The molecule has 0 saturated carbocycles. The first-order valence-corrected chi connectivity index (χ1v) is 4.25. The molecule has 0 aromatic rings. The highest BCUT2D eigenvalue weighted by atomic mass is 16.7. The van der Waals surface area contributed by atoms with Gasteiger partial charge in [0.25, 0.3) is 0 Å². The van der Waals surface area contributed by atoms with E-state index in [1.54, 1.807) is 0 Å². The molecule has 11 heavy (non-hydrogen) atoms. The lowest BCUT2D eigenvalue weighted by Crippen LogP contribution is -2.41. The maximum Gasteiger partial charge on any atom is 0.159 e. The molecule has 0 bridgehead atoms. The molecule has 2 heteroatoms. The maximum atomic E-state index is 5.69. The quantitative estimate of drug-likeness (QED) is 0.583. The normalized spacial score (nSPS) is 29.2. The Morgan fingerprint density at radius 1 is 1.00 bits per heavy atom. The first-order valence-electron chi connectivity index (χ1n) is 4.25. The first-order chi connectivity index (χ1) is 4.89. The predicted octanol–water partition coefficient (Wildman–Crippen LogP) is 2.33. The molecule has 1 heterocycles. The zero-order valence-electron chi connectivity index (χ0n) is 8.10. The number of ether oxygens (including phenoxy) is 2. The van der Waals surface area contributed by atoms with Crippen LogP contribution in [0.3, 0.4) is 0 Å². The van der Waals surface area contributed by atoms with Crippen LogP contribution in [0.2, 0.25) is 0 Å². The van der Waals surface area contributed by atoms with Crippen LogP contribution < -0.4 is 0 Å². The molecule has 1 aliphatic rings. The Bertz CT molecular complexity index is 134. The molecule has 0 N–H and O–H groups in total. The van der Waals surface area contributed by atoms with E-state index in [2.05, 4.69) is 34.6 Å². The zero-order valence-corrected chi connectivity index (χ0v) is 8.10. The van der Waals surface area contributed by atoms with Gasteiger partial charge >= 0.3 is 0 Å². The van der Waals surface area contributed by atoms with Crippen molar-refractivity contribution in [1.29, 1.82) is 0 Å². The van der Waals surface area contributed by atoms with Crippen molar-refractivity contribution in [2.45, 2.75) is 58.5 Å². The van der Waals surface area contributed by atoms with E-state index in [-0.39, 0.29) is 17.5 Å². The summed E-state index contributed by atoms with van der Waals surface area (Å²) in [7, 11) is 0. The Morgan fingerprint density at radius 2 is 1.36 bits per heavy atom. The highest BCUT2D eigenvalue weighted by molar-refractivity contribution is 4.93. The maximum absolute atomic E-state index is 5.69. The third-order valence-electron chi connectivity index (χ3n) is 2.64. The highest BCUT2D eigenvalue weighted by Gasteiger charge is 2.48. The molecule has 2 nitrogen and oxygen atoms in total. The van der Waals surface area contributed by atoms with Crippen molar-refractivity contribution in [2.24, 2.45) is 0 Å². The van der Waals surface area contributed by atoms with Crippen LogP contribution in [-0.2, 0) is 9.47 Å². The number of hydrogen-bond donors (Lipinski definition) is 0.